The maximum atomic E-state index is 12.5. The molecule has 0 aromatic carbocycles. The van der Waals surface area contributed by atoms with Gasteiger partial charge in [-0.05, 0) is 19.3 Å². The molecular weight excluding hydrogens is 255 g/mol. The summed E-state index contributed by atoms with van der Waals surface area (Å²) in [6.07, 6.45) is 5.58. The molecule has 0 radical (unpaired) electrons. The van der Waals surface area contributed by atoms with Crippen molar-refractivity contribution in [2.24, 2.45) is 0 Å². The van der Waals surface area contributed by atoms with Crippen LogP contribution >= 0.6 is 20.2 Å². The molecule has 0 saturated heterocycles. The highest BCUT2D eigenvalue weighted by atomic mass is 32.1. The molecule has 3 nitrogen and oxygen atoms in total. The Labute approximate surface area is 112 Å². The van der Waals surface area contributed by atoms with Crippen molar-refractivity contribution >= 4 is 20.2 Å². The number of hydrogen-bond acceptors (Lipinski definition) is 4. The molecule has 0 aliphatic rings. The van der Waals surface area contributed by atoms with E-state index in [9.17, 15) is 4.57 Å². The third-order valence-electron chi connectivity index (χ3n) is 2.45. The zero-order valence-electron chi connectivity index (χ0n) is 11.4. The lowest BCUT2D eigenvalue weighted by atomic mass is 10.4. The first-order chi connectivity index (χ1) is 8.10. The molecule has 0 amide bonds. The molecule has 104 valence electrons. The lowest BCUT2D eigenvalue weighted by Crippen LogP contribution is -2.09. The van der Waals surface area contributed by atoms with Gasteiger partial charge in [0.1, 0.15) is 4.99 Å². The minimum absolute atomic E-state index is 0.291. The average molecular weight is 282 g/mol. The van der Waals surface area contributed by atoms with Gasteiger partial charge in [0.2, 0.25) is 0 Å². The minimum atomic E-state index is -3.02. The van der Waals surface area contributed by atoms with Crippen LogP contribution in [0.5, 0.6) is 0 Å². The summed E-state index contributed by atoms with van der Waals surface area (Å²) in [6, 6.07) is 0. The van der Waals surface area contributed by atoms with Crippen molar-refractivity contribution in [3.05, 3.63) is 0 Å². The van der Waals surface area contributed by atoms with Crippen LogP contribution in [-0.4, -0.2) is 18.2 Å². The molecule has 0 heterocycles. The van der Waals surface area contributed by atoms with E-state index < -0.39 is 7.60 Å². The van der Waals surface area contributed by atoms with Crippen molar-refractivity contribution in [2.45, 2.75) is 64.3 Å². The lowest BCUT2D eigenvalue weighted by molar-refractivity contribution is 0.197. The van der Waals surface area contributed by atoms with E-state index in [0.717, 1.165) is 38.5 Å². The van der Waals surface area contributed by atoms with Gasteiger partial charge in [0.15, 0.2) is 0 Å². The fourth-order valence-electron chi connectivity index (χ4n) is 1.30. The average Bonchev–Trinajstić information content (AvgIpc) is 2.30. The topological polar surface area (TPSA) is 35.5 Å². The van der Waals surface area contributed by atoms with Crippen molar-refractivity contribution < 1.29 is 13.6 Å². The van der Waals surface area contributed by atoms with E-state index in [0.29, 0.717) is 13.2 Å². The summed E-state index contributed by atoms with van der Waals surface area (Å²) < 4.78 is 23.5. The van der Waals surface area contributed by atoms with Crippen molar-refractivity contribution in [3.8, 4) is 0 Å². The molecule has 0 fully saturated rings. The Morgan fingerprint density at radius 2 is 1.47 bits per heavy atom. The standard InChI is InChI=1S/C12H27O3PS/c1-4-7-10-14-16(13,12(17)9-6-3)15-11-8-5-2/h12,17H,4-11H2,1-3H3. The van der Waals surface area contributed by atoms with Gasteiger partial charge in [0.05, 0.1) is 13.2 Å². The van der Waals surface area contributed by atoms with E-state index in [1.807, 2.05) is 6.92 Å². The largest absolute Gasteiger partial charge is 0.343 e. The van der Waals surface area contributed by atoms with Gasteiger partial charge in [-0.2, -0.15) is 12.6 Å². The first kappa shape index (κ1) is 17.5. The Bertz CT molecular complexity index is 210. The number of thiol groups is 1. The van der Waals surface area contributed by atoms with Crippen LogP contribution in [0.2, 0.25) is 0 Å². The molecular formula is C12H27O3PS. The maximum absolute atomic E-state index is 12.5. The molecule has 0 aliphatic heterocycles. The summed E-state index contributed by atoms with van der Waals surface area (Å²) in [7, 11) is -3.02. The Morgan fingerprint density at radius 1 is 1.00 bits per heavy atom. The van der Waals surface area contributed by atoms with E-state index in [2.05, 4.69) is 26.5 Å². The predicted molar refractivity (Wildman–Crippen MR) is 77.0 cm³/mol. The molecule has 0 aromatic heterocycles. The van der Waals surface area contributed by atoms with E-state index >= 15 is 0 Å². The highest BCUT2D eigenvalue weighted by Gasteiger charge is 2.32. The van der Waals surface area contributed by atoms with Crippen LogP contribution in [0, 0.1) is 0 Å². The first-order valence-electron chi connectivity index (χ1n) is 6.67. The number of rotatable bonds is 11. The van der Waals surface area contributed by atoms with Crippen LogP contribution in [-0.2, 0) is 13.6 Å². The van der Waals surface area contributed by atoms with Gasteiger partial charge in [-0.25, -0.2) is 0 Å². The fourth-order valence-corrected chi connectivity index (χ4v) is 3.72. The Morgan fingerprint density at radius 3 is 1.82 bits per heavy atom. The van der Waals surface area contributed by atoms with Crippen LogP contribution in [0.15, 0.2) is 0 Å². The summed E-state index contributed by atoms with van der Waals surface area (Å²) in [6.45, 7) is 7.21. The van der Waals surface area contributed by atoms with E-state index in [4.69, 9.17) is 9.05 Å². The molecule has 0 aliphatic carbocycles. The Balaban J connectivity index is 4.28. The predicted octanol–water partition coefficient (Wildman–Crippen LogP) is 4.87. The van der Waals surface area contributed by atoms with Crippen molar-refractivity contribution in [3.63, 3.8) is 0 Å². The molecule has 0 aromatic rings. The minimum Gasteiger partial charge on any atom is -0.308 e. The fraction of sp³-hybridized carbons (Fsp3) is 1.00. The third-order valence-corrected chi connectivity index (χ3v) is 5.63. The van der Waals surface area contributed by atoms with Crippen molar-refractivity contribution in [2.75, 3.05) is 13.2 Å². The molecule has 0 N–H and O–H groups in total. The molecule has 5 heteroatoms. The monoisotopic (exact) mass is 282 g/mol. The second-order valence-electron chi connectivity index (χ2n) is 4.18. The van der Waals surface area contributed by atoms with Crippen LogP contribution in [0.1, 0.15) is 59.3 Å². The van der Waals surface area contributed by atoms with Gasteiger partial charge in [0, 0.05) is 0 Å². The van der Waals surface area contributed by atoms with Crippen LogP contribution < -0.4 is 0 Å². The van der Waals surface area contributed by atoms with Gasteiger partial charge in [-0.15, -0.1) is 0 Å². The summed E-state index contributed by atoms with van der Waals surface area (Å²) in [5.74, 6) is 0. The zero-order valence-corrected chi connectivity index (χ0v) is 13.1. The third kappa shape index (κ3) is 7.50. The maximum Gasteiger partial charge on any atom is 0.343 e. The molecule has 17 heavy (non-hydrogen) atoms. The highest BCUT2D eigenvalue weighted by molar-refractivity contribution is 7.89. The van der Waals surface area contributed by atoms with Crippen molar-refractivity contribution in [1.29, 1.82) is 0 Å². The summed E-state index contributed by atoms with van der Waals surface area (Å²) in [5, 5.41) is 0. The Kier molecular flexibility index (Phi) is 10.7. The van der Waals surface area contributed by atoms with Crippen molar-refractivity contribution in [1.82, 2.24) is 0 Å². The normalized spacial score (nSPS) is 13.9. The summed E-state index contributed by atoms with van der Waals surface area (Å²) in [4.78, 5) is -0.291. The zero-order chi connectivity index (χ0) is 13.1. The second kappa shape index (κ2) is 10.4. The first-order valence-corrected chi connectivity index (χ1v) is 8.80. The smallest absolute Gasteiger partial charge is 0.308 e. The Hall–Kier alpha value is 0.500. The van der Waals surface area contributed by atoms with E-state index in [1.54, 1.807) is 0 Å². The molecule has 0 saturated carbocycles. The second-order valence-corrected chi connectivity index (χ2v) is 7.43. The van der Waals surface area contributed by atoms with Gasteiger partial charge < -0.3 is 9.05 Å². The summed E-state index contributed by atoms with van der Waals surface area (Å²) >= 11 is 4.38. The molecule has 1 unspecified atom stereocenters. The SMILES string of the molecule is CCCCOP(=O)(OCCCC)C(S)CCC. The quantitative estimate of drug-likeness (QED) is 0.333. The molecule has 1 atom stereocenters. The van der Waals surface area contributed by atoms with Gasteiger partial charge in [0.25, 0.3) is 0 Å². The lowest BCUT2D eigenvalue weighted by Gasteiger charge is -2.23. The van der Waals surface area contributed by atoms with E-state index in [-0.39, 0.29) is 4.99 Å². The van der Waals surface area contributed by atoms with Crippen LogP contribution in [0.25, 0.3) is 0 Å². The summed E-state index contributed by atoms with van der Waals surface area (Å²) in [5.41, 5.74) is 0. The van der Waals surface area contributed by atoms with Crippen LogP contribution in [0.4, 0.5) is 0 Å². The van der Waals surface area contributed by atoms with Gasteiger partial charge in [-0.3, -0.25) is 4.57 Å². The van der Waals surface area contributed by atoms with Gasteiger partial charge in [-0.1, -0.05) is 40.0 Å². The highest BCUT2D eigenvalue weighted by Crippen LogP contribution is 2.56. The molecule has 0 rings (SSSR count). The molecule has 0 spiro atoms. The number of hydrogen-bond donors (Lipinski definition) is 1. The van der Waals surface area contributed by atoms with Gasteiger partial charge >= 0.3 is 7.60 Å². The molecule has 0 bridgehead atoms. The number of unbranched alkanes of at least 4 members (excludes halogenated alkanes) is 2. The van der Waals surface area contributed by atoms with E-state index in [1.165, 1.54) is 0 Å². The van der Waals surface area contributed by atoms with Crippen LogP contribution in [0.3, 0.4) is 0 Å².